The number of rotatable bonds is 2. The summed E-state index contributed by atoms with van der Waals surface area (Å²) in [6, 6.07) is 3.64. The van der Waals surface area contributed by atoms with Crippen molar-refractivity contribution in [2.24, 2.45) is 0 Å². The van der Waals surface area contributed by atoms with E-state index in [0.29, 0.717) is 0 Å². The Kier molecular flexibility index (Phi) is 2.29. The summed E-state index contributed by atoms with van der Waals surface area (Å²) < 4.78 is 4.99. The Labute approximate surface area is 59.8 Å². The van der Waals surface area contributed by atoms with Crippen molar-refractivity contribution >= 4 is 6.08 Å². The molecule has 0 aliphatic carbocycles. The van der Waals surface area contributed by atoms with Crippen LogP contribution in [0, 0.1) is 0 Å². The van der Waals surface area contributed by atoms with Crippen molar-refractivity contribution < 1.29 is 9.52 Å². The lowest BCUT2D eigenvalue weighted by molar-refractivity contribution is 0.245. The molecule has 1 atom stereocenters. The molecule has 2 nitrogen and oxygen atoms in total. The average Bonchev–Trinajstić information content (AvgIpc) is 2.34. The summed E-state index contributed by atoms with van der Waals surface area (Å²) >= 11 is 0. The fourth-order valence-corrected chi connectivity index (χ4v) is 0.620. The molecule has 0 unspecified atom stereocenters. The van der Waals surface area contributed by atoms with Gasteiger partial charge < -0.3 is 9.52 Å². The minimum Gasteiger partial charge on any atom is -0.465 e. The molecule has 2 heteroatoms. The molecule has 10 heavy (non-hydrogen) atoms. The molecule has 0 fully saturated rings. The van der Waals surface area contributed by atoms with Crippen molar-refractivity contribution in [3.8, 4) is 0 Å². The third-order valence-corrected chi connectivity index (χ3v) is 1.08. The second kappa shape index (κ2) is 3.22. The first-order chi connectivity index (χ1) is 4.79. The largest absolute Gasteiger partial charge is 0.465 e. The van der Waals surface area contributed by atoms with Gasteiger partial charge in [0.25, 0.3) is 0 Å². The van der Waals surface area contributed by atoms with Crippen LogP contribution in [0.1, 0.15) is 12.7 Å². The zero-order chi connectivity index (χ0) is 7.40. The Morgan fingerprint density at radius 3 is 3.00 bits per heavy atom. The van der Waals surface area contributed by atoms with Gasteiger partial charge in [0.05, 0.1) is 12.4 Å². The van der Waals surface area contributed by atoms with Crippen LogP contribution in [0.3, 0.4) is 0 Å². The fourth-order valence-electron chi connectivity index (χ4n) is 0.620. The monoisotopic (exact) mass is 138 g/mol. The maximum atomic E-state index is 8.82. The normalized spacial score (nSPS) is 14.2. The van der Waals surface area contributed by atoms with Crippen LogP contribution in [0.25, 0.3) is 6.08 Å². The molecule has 1 rings (SSSR count). The summed E-state index contributed by atoms with van der Waals surface area (Å²) in [6.07, 6.45) is 4.59. The van der Waals surface area contributed by atoms with E-state index in [1.165, 1.54) is 0 Å². The van der Waals surface area contributed by atoms with Gasteiger partial charge in [-0.05, 0) is 25.1 Å². The van der Waals surface area contributed by atoms with Crippen LogP contribution in [0.15, 0.2) is 28.9 Å². The highest BCUT2D eigenvalue weighted by Crippen LogP contribution is 2.02. The van der Waals surface area contributed by atoms with Crippen LogP contribution in [0.2, 0.25) is 0 Å². The standard InChI is InChI=1S/C8H10O2/c1-7(9)4-5-8-3-2-6-10-8/h2-7,9H,1H3/b5-4+/t7-/m1/s1. The molecule has 0 aliphatic rings. The number of hydrogen-bond donors (Lipinski definition) is 1. The molecule has 1 aromatic rings. The van der Waals surface area contributed by atoms with E-state index in [-0.39, 0.29) is 0 Å². The van der Waals surface area contributed by atoms with Crippen molar-refractivity contribution in [2.75, 3.05) is 0 Å². The van der Waals surface area contributed by atoms with E-state index in [1.54, 1.807) is 25.3 Å². The van der Waals surface area contributed by atoms with E-state index >= 15 is 0 Å². The summed E-state index contributed by atoms with van der Waals surface area (Å²) in [5.41, 5.74) is 0. The Hall–Kier alpha value is -1.02. The second-order valence-corrected chi connectivity index (χ2v) is 2.12. The molecular weight excluding hydrogens is 128 g/mol. The minimum absolute atomic E-state index is 0.412. The molecule has 1 N–H and O–H groups in total. The van der Waals surface area contributed by atoms with E-state index in [4.69, 9.17) is 9.52 Å². The predicted octanol–water partition coefficient (Wildman–Crippen LogP) is 1.67. The summed E-state index contributed by atoms with van der Waals surface area (Å²) in [7, 11) is 0. The van der Waals surface area contributed by atoms with Crippen molar-refractivity contribution in [3.05, 3.63) is 30.2 Å². The lowest BCUT2D eigenvalue weighted by Crippen LogP contribution is -1.90. The van der Waals surface area contributed by atoms with Gasteiger partial charge in [-0.2, -0.15) is 0 Å². The second-order valence-electron chi connectivity index (χ2n) is 2.12. The van der Waals surface area contributed by atoms with Crippen molar-refractivity contribution in [2.45, 2.75) is 13.0 Å². The molecule has 54 valence electrons. The van der Waals surface area contributed by atoms with Crippen LogP contribution >= 0.6 is 0 Å². The number of aliphatic hydroxyl groups is 1. The lowest BCUT2D eigenvalue weighted by Gasteiger charge is -1.90. The van der Waals surface area contributed by atoms with Crippen molar-refractivity contribution in [3.63, 3.8) is 0 Å². The summed E-state index contributed by atoms with van der Waals surface area (Å²) in [5, 5.41) is 8.82. The van der Waals surface area contributed by atoms with E-state index < -0.39 is 6.10 Å². The van der Waals surface area contributed by atoms with Gasteiger partial charge in [0, 0.05) is 0 Å². The van der Waals surface area contributed by atoms with Crippen molar-refractivity contribution in [1.29, 1.82) is 0 Å². The van der Waals surface area contributed by atoms with Gasteiger partial charge in [-0.25, -0.2) is 0 Å². The molecule has 0 radical (unpaired) electrons. The smallest absolute Gasteiger partial charge is 0.126 e. The van der Waals surface area contributed by atoms with Gasteiger partial charge in [-0.15, -0.1) is 0 Å². The van der Waals surface area contributed by atoms with Crippen LogP contribution in [0.5, 0.6) is 0 Å². The van der Waals surface area contributed by atoms with Gasteiger partial charge in [-0.1, -0.05) is 6.08 Å². The molecule has 1 aromatic heterocycles. The summed E-state index contributed by atoms with van der Waals surface area (Å²) in [5.74, 6) is 0.765. The van der Waals surface area contributed by atoms with E-state index in [2.05, 4.69) is 0 Å². The van der Waals surface area contributed by atoms with Gasteiger partial charge in [0.1, 0.15) is 5.76 Å². The Morgan fingerprint density at radius 1 is 1.70 bits per heavy atom. The number of hydrogen-bond acceptors (Lipinski definition) is 2. The topological polar surface area (TPSA) is 33.4 Å². The Morgan fingerprint density at radius 2 is 2.50 bits per heavy atom. The first-order valence-electron chi connectivity index (χ1n) is 3.19. The third kappa shape index (κ3) is 2.07. The summed E-state index contributed by atoms with van der Waals surface area (Å²) in [6.45, 7) is 1.69. The molecule has 0 saturated carbocycles. The Balaban J connectivity index is 2.55. The molecule has 0 saturated heterocycles. The average molecular weight is 138 g/mol. The van der Waals surface area contributed by atoms with Gasteiger partial charge in [0.15, 0.2) is 0 Å². The fraction of sp³-hybridized carbons (Fsp3) is 0.250. The maximum Gasteiger partial charge on any atom is 0.126 e. The molecule has 0 spiro atoms. The molecule has 1 heterocycles. The minimum atomic E-state index is -0.412. The van der Waals surface area contributed by atoms with Gasteiger partial charge >= 0.3 is 0 Å². The van der Waals surface area contributed by atoms with Crippen LogP contribution in [-0.4, -0.2) is 11.2 Å². The highest BCUT2D eigenvalue weighted by atomic mass is 16.3. The first kappa shape index (κ1) is 7.09. The van der Waals surface area contributed by atoms with Gasteiger partial charge in [0.2, 0.25) is 0 Å². The first-order valence-corrected chi connectivity index (χ1v) is 3.19. The Bertz CT molecular complexity index is 197. The lowest BCUT2D eigenvalue weighted by atomic mass is 10.3. The SMILES string of the molecule is C[C@@H](O)/C=C/c1ccco1. The van der Waals surface area contributed by atoms with Crippen LogP contribution < -0.4 is 0 Å². The highest BCUT2D eigenvalue weighted by Gasteiger charge is 1.88. The number of aliphatic hydroxyl groups excluding tert-OH is 1. The molecular formula is C8H10O2. The zero-order valence-electron chi connectivity index (χ0n) is 5.82. The predicted molar refractivity (Wildman–Crippen MR) is 39.4 cm³/mol. The number of furan rings is 1. The highest BCUT2D eigenvalue weighted by molar-refractivity contribution is 5.42. The summed E-state index contributed by atoms with van der Waals surface area (Å²) in [4.78, 5) is 0. The van der Waals surface area contributed by atoms with Crippen LogP contribution in [-0.2, 0) is 0 Å². The third-order valence-electron chi connectivity index (χ3n) is 1.08. The van der Waals surface area contributed by atoms with Crippen LogP contribution in [0.4, 0.5) is 0 Å². The molecule has 0 aliphatic heterocycles. The molecule has 0 bridgehead atoms. The maximum absolute atomic E-state index is 8.82. The van der Waals surface area contributed by atoms with E-state index in [0.717, 1.165) is 5.76 Å². The molecule has 0 aromatic carbocycles. The van der Waals surface area contributed by atoms with Gasteiger partial charge in [-0.3, -0.25) is 0 Å². The quantitative estimate of drug-likeness (QED) is 0.674. The van der Waals surface area contributed by atoms with Crippen molar-refractivity contribution in [1.82, 2.24) is 0 Å². The van der Waals surface area contributed by atoms with E-state index in [1.807, 2.05) is 12.1 Å². The molecule has 0 amide bonds. The zero-order valence-corrected chi connectivity index (χ0v) is 5.82. The van der Waals surface area contributed by atoms with E-state index in [9.17, 15) is 0 Å².